The van der Waals surface area contributed by atoms with E-state index in [2.05, 4.69) is 0 Å². The van der Waals surface area contributed by atoms with Crippen molar-refractivity contribution in [2.45, 2.75) is 38.6 Å². The highest BCUT2D eigenvalue weighted by Gasteiger charge is 2.15. The molecular formula is C9H19N3O2. The van der Waals surface area contributed by atoms with Crippen molar-refractivity contribution >= 4 is 11.8 Å². The smallest absolute Gasteiger partial charge is 0.320 e. The number of carbonyl (C=O) groups is 1. The molecule has 14 heavy (non-hydrogen) atoms. The Kier molecular flexibility index (Phi) is 5.87. The first-order valence-corrected chi connectivity index (χ1v) is 4.74. The van der Waals surface area contributed by atoms with E-state index in [1.807, 2.05) is 6.92 Å². The van der Waals surface area contributed by atoms with E-state index in [9.17, 15) is 4.79 Å². The van der Waals surface area contributed by atoms with Crippen LogP contribution in [-0.4, -0.2) is 23.0 Å². The molecule has 2 atom stereocenters. The van der Waals surface area contributed by atoms with E-state index in [1.165, 1.54) is 0 Å². The van der Waals surface area contributed by atoms with E-state index < -0.39 is 12.0 Å². The molecule has 0 spiro atoms. The van der Waals surface area contributed by atoms with Crippen LogP contribution in [0.3, 0.4) is 0 Å². The molecule has 0 aromatic heterocycles. The molecule has 0 saturated heterocycles. The molecule has 0 saturated carbocycles. The van der Waals surface area contributed by atoms with Crippen molar-refractivity contribution in [1.29, 1.82) is 5.41 Å². The normalized spacial score (nSPS) is 14.7. The Bertz CT molecular complexity index is 206. The van der Waals surface area contributed by atoms with Crippen LogP contribution >= 0.6 is 0 Å². The number of carboxylic acids is 1. The monoisotopic (exact) mass is 201 g/mol. The van der Waals surface area contributed by atoms with E-state index in [0.29, 0.717) is 12.8 Å². The van der Waals surface area contributed by atoms with Crippen LogP contribution in [0.5, 0.6) is 0 Å². The molecule has 0 fully saturated rings. The third-order valence-electron chi connectivity index (χ3n) is 2.12. The summed E-state index contributed by atoms with van der Waals surface area (Å²) in [7, 11) is 0. The van der Waals surface area contributed by atoms with Gasteiger partial charge in [0.1, 0.15) is 6.04 Å². The predicted octanol–water partition coefficient (Wildman–Crippen LogP) is 0.531. The first kappa shape index (κ1) is 12.9. The fourth-order valence-corrected chi connectivity index (χ4v) is 1.29. The number of carboxylic acid groups (broad SMARTS) is 1. The SMILES string of the molecule is CC(CCCC(=N)N)C[C@H](N)C(=O)O. The zero-order chi connectivity index (χ0) is 11.1. The zero-order valence-corrected chi connectivity index (χ0v) is 8.49. The molecule has 0 heterocycles. The van der Waals surface area contributed by atoms with Gasteiger partial charge in [-0.05, 0) is 18.8 Å². The average Bonchev–Trinajstić information content (AvgIpc) is 2.02. The minimum atomic E-state index is -0.955. The summed E-state index contributed by atoms with van der Waals surface area (Å²) in [5.41, 5.74) is 10.6. The van der Waals surface area contributed by atoms with Crippen LogP contribution in [-0.2, 0) is 4.79 Å². The lowest BCUT2D eigenvalue weighted by atomic mass is 9.96. The van der Waals surface area contributed by atoms with Crippen molar-refractivity contribution in [3.8, 4) is 0 Å². The predicted molar refractivity (Wildman–Crippen MR) is 55.2 cm³/mol. The standard InChI is InChI=1S/C9H19N3O2/c1-6(3-2-4-8(11)12)5-7(10)9(13)14/h6-7H,2-5,10H2,1H3,(H3,11,12)(H,13,14)/t6?,7-/m0/s1. The summed E-state index contributed by atoms with van der Waals surface area (Å²) in [6.07, 6.45) is 2.74. The number of rotatable bonds is 7. The van der Waals surface area contributed by atoms with Gasteiger partial charge in [0.05, 0.1) is 5.84 Å². The molecule has 0 amide bonds. The van der Waals surface area contributed by atoms with Crippen molar-refractivity contribution in [3.05, 3.63) is 0 Å². The minimum Gasteiger partial charge on any atom is -0.480 e. The Hall–Kier alpha value is -1.10. The van der Waals surface area contributed by atoms with E-state index in [1.54, 1.807) is 0 Å². The number of hydrogen-bond acceptors (Lipinski definition) is 3. The molecular weight excluding hydrogens is 182 g/mol. The Balaban J connectivity index is 3.59. The quantitative estimate of drug-likeness (QED) is 0.355. The third-order valence-corrected chi connectivity index (χ3v) is 2.12. The summed E-state index contributed by atoms with van der Waals surface area (Å²) >= 11 is 0. The van der Waals surface area contributed by atoms with Crippen LogP contribution in [0.15, 0.2) is 0 Å². The molecule has 6 N–H and O–H groups in total. The molecule has 0 aliphatic carbocycles. The molecule has 0 rings (SSSR count). The molecule has 5 nitrogen and oxygen atoms in total. The van der Waals surface area contributed by atoms with Gasteiger partial charge in [-0.2, -0.15) is 0 Å². The van der Waals surface area contributed by atoms with Gasteiger partial charge in [-0.25, -0.2) is 0 Å². The van der Waals surface area contributed by atoms with E-state index in [0.717, 1.165) is 12.8 Å². The topological polar surface area (TPSA) is 113 Å². The van der Waals surface area contributed by atoms with Crippen molar-refractivity contribution in [3.63, 3.8) is 0 Å². The highest BCUT2D eigenvalue weighted by molar-refractivity contribution is 5.76. The Morgan fingerprint density at radius 1 is 1.57 bits per heavy atom. The third kappa shape index (κ3) is 6.42. The Morgan fingerprint density at radius 2 is 2.14 bits per heavy atom. The lowest BCUT2D eigenvalue weighted by molar-refractivity contribution is -0.138. The maximum Gasteiger partial charge on any atom is 0.320 e. The Morgan fingerprint density at radius 3 is 2.57 bits per heavy atom. The highest BCUT2D eigenvalue weighted by Crippen LogP contribution is 2.13. The van der Waals surface area contributed by atoms with Crippen molar-refractivity contribution < 1.29 is 9.90 Å². The molecule has 0 aromatic carbocycles. The summed E-state index contributed by atoms with van der Waals surface area (Å²) in [5.74, 6) is -0.511. The number of hydrogen-bond donors (Lipinski definition) is 4. The summed E-state index contributed by atoms with van der Waals surface area (Å²) in [6.45, 7) is 1.96. The van der Waals surface area contributed by atoms with E-state index >= 15 is 0 Å². The molecule has 82 valence electrons. The molecule has 0 bridgehead atoms. The maximum atomic E-state index is 10.4. The number of aliphatic carboxylic acids is 1. The molecule has 0 radical (unpaired) electrons. The summed E-state index contributed by atoms with van der Waals surface area (Å²) in [6, 6.07) is -0.776. The Labute approximate surface area is 84.0 Å². The maximum absolute atomic E-state index is 10.4. The van der Waals surface area contributed by atoms with Gasteiger partial charge in [-0.1, -0.05) is 13.3 Å². The molecule has 0 aliphatic heterocycles. The fourth-order valence-electron chi connectivity index (χ4n) is 1.29. The highest BCUT2D eigenvalue weighted by atomic mass is 16.4. The second-order valence-corrected chi connectivity index (χ2v) is 3.70. The fraction of sp³-hybridized carbons (Fsp3) is 0.778. The molecule has 0 aliphatic rings. The molecule has 0 aromatic rings. The average molecular weight is 201 g/mol. The summed E-state index contributed by atoms with van der Waals surface area (Å²) in [5, 5.41) is 15.6. The van der Waals surface area contributed by atoms with Gasteiger partial charge in [0, 0.05) is 6.42 Å². The van der Waals surface area contributed by atoms with Gasteiger partial charge in [-0.3, -0.25) is 10.2 Å². The van der Waals surface area contributed by atoms with Gasteiger partial charge >= 0.3 is 5.97 Å². The van der Waals surface area contributed by atoms with E-state index in [4.69, 9.17) is 22.0 Å². The first-order chi connectivity index (χ1) is 6.43. The largest absolute Gasteiger partial charge is 0.480 e. The minimum absolute atomic E-state index is 0.180. The van der Waals surface area contributed by atoms with Gasteiger partial charge in [-0.15, -0.1) is 0 Å². The van der Waals surface area contributed by atoms with Crippen LogP contribution < -0.4 is 11.5 Å². The van der Waals surface area contributed by atoms with E-state index in [-0.39, 0.29) is 11.8 Å². The zero-order valence-electron chi connectivity index (χ0n) is 8.49. The van der Waals surface area contributed by atoms with Crippen LogP contribution in [0, 0.1) is 11.3 Å². The second-order valence-electron chi connectivity index (χ2n) is 3.70. The molecule has 5 heteroatoms. The van der Waals surface area contributed by atoms with Gasteiger partial charge in [0.15, 0.2) is 0 Å². The van der Waals surface area contributed by atoms with Gasteiger partial charge < -0.3 is 16.6 Å². The summed E-state index contributed by atoms with van der Waals surface area (Å²) < 4.78 is 0. The van der Waals surface area contributed by atoms with Gasteiger partial charge in [0.25, 0.3) is 0 Å². The van der Waals surface area contributed by atoms with Crippen molar-refractivity contribution in [2.75, 3.05) is 0 Å². The van der Waals surface area contributed by atoms with Crippen molar-refractivity contribution in [2.24, 2.45) is 17.4 Å². The van der Waals surface area contributed by atoms with Gasteiger partial charge in [0.2, 0.25) is 0 Å². The van der Waals surface area contributed by atoms with Crippen LogP contribution in [0.4, 0.5) is 0 Å². The van der Waals surface area contributed by atoms with Crippen LogP contribution in [0.25, 0.3) is 0 Å². The summed E-state index contributed by atoms with van der Waals surface area (Å²) in [4.78, 5) is 10.4. The van der Waals surface area contributed by atoms with Crippen LogP contribution in [0.1, 0.15) is 32.6 Å². The second kappa shape index (κ2) is 6.37. The lowest BCUT2D eigenvalue weighted by Crippen LogP contribution is -2.31. The number of amidine groups is 1. The number of nitrogens with one attached hydrogen (secondary N) is 1. The van der Waals surface area contributed by atoms with Crippen molar-refractivity contribution in [1.82, 2.24) is 0 Å². The van der Waals surface area contributed by atoms with Crippen LogP contribution in [0.2, 0.25) is 0 Å². The molecule has 1 unspecified atom stereocenters. The lowest BCUT2D eigenvalue weighted by Gasteiger charge is -2.13. The first-order valence-electron chi connectivity index (χ1n) is 4.74. The number of nitrogens with two attached hydrogens (primary N) is 2.